The molecular weight excluding hydrogens is 206 g/mol. The lowest BCUT2D eigenvalue weighted by Crippen LogP contribution is -2.28. The van der Waals surface area contributed by atoms with Gasteiger partial charge in [0.1, 0.15) is 5.82 Å². The highest BCUT2D eigenvalue weighted by atomic mass is 16.5. The fourth-order valence-corrected chi connectivity index (χ4v) is 1.89. The number of ether oxygens (including phenoxy) is 2. The van der Waals surface area contributed by atoms with Crippen LogP contribution in [0.4, 0.5) is 0 Å². The molecule has 1 unspecified atom stereocenters. The zero-order valence-electron chi connectivity index (χ0n) is 9.69. The topological polar surface area (TPSA) is 56.3 Å². The summed E-state index contributed by atoms with van der Waals surface area (Å²) in [5, 5.41) is 3.40. The first kappa shape index (κ1) is 11.1. The summed E-state index contributed by atoms with van der Waals surface area (Å²) < 4.78 is 10.3. The van der Waals surface area contributed by atoms with E-state index in [-0.39, 0.29) is 6.04 Å². The van der Waals surface area contributed by atoms with Crippen molar-refractivity contribution < 1.29 is 9.47 Å². The number of piperidine rings is 1. The van der Waals surface area contributed by atoms with Gasteiger partial charge < -0.3 is 14.8 Å². The molecule has 0 bridgehead atoms. The maximum Gasteiger partial charge on any atom is 0.260 e. The van der Waals surface area contributed by atoms with Crippen LogP contribution in [-0.2, 0) is 0 Å². The van der Waals surface area contributed by atoms with Crippen LogP contribution < -0.4 is 14.8 Å². The Bertz CT molecular complexity index is 351. The number of hydrogen-bond donors (Lipinski definition) is 1. The van der Waals surface area contributed by atoms with E-state index >= 15 is 0 Å². The summed E-state index contributed by atoms with van der Waals surface area (Å²) in [4.78, 5) is 8.67. The Kier molecular flexibility index (Phi) is 3.56. The molecule has 2 heterocycles. The molecule has 16 heavy (non-hydrogen) atoms. The molecule has 1 aliphatic heterocycles. The van der Waals surface area contributed by atoms with Gasteiger partial charge in [0.05, 0.1) is 26.5 Å². The third kappa shape index (κ3) is 2.24. The standard InChI is InChI=1S/C11H17N3O2/c1-15-9-7-13-10(14-11(9)16-2)8-5-3-4-6-12-8/h7-8,12H,3-6H2,1-2H3. The summed E-state index contributed by atoms with van der Waals surface area (Å²) in [5.74, 6) is 1.86. The van der Waals surface area contributed by atoms with Crippen molar-refractivity contribution in [2.75, 3.05) is 20.8 Å². The summed E-state index contributed by atoms with van der Waals surface area (Å²) in [7, 11) is 3.17. The van der Waals surface area contributed by atoms with Gasteiger partial charge in [-0.1, -0.05) is 6.42 Å². The molecule has 2 rings (SSSR count). The fraction of sp³-hybridized carbons (Fsp3) is 0.636. The molecule has 1 saturated heterocycles. The second-order valence-corrected chi connectivity index (χ2v) is 3.81. The number of nitrogens with zero attached hydrogens (tertiary/aromatic N) is 2. The lowest BCUT2D eigenvalue weighted by molar-refractivity contribution is 0.331. The summed E-state index contributed by atoms with van der Waals surface area (Å²) in [6.07, 6.45) is 5.19. The highest BCUT2D eigenvalue weighted by Gasteiger charge is 2.19. The molecule has 1 aromatic rings. The van der Waals surface area contributed by atoms with E-state index in [0.717, 1.165) is 18.8 Å². The van der Waals surface area contributed by atoms with Crippen LogP contribution in [0, 0.1) is 0 Å². The van der Waals surface area contributed by atoms with Gasteiger partial charge in [-0.3, -0.25) is 0 Å². The maximum atomic E-state index is 5.16. The van der Waals surface area contributed by atoms with E-state index in [2.05, 4.69) is 15.3 Å². The molecule has 1 aromatic heterocycles. The van der Waals surface area contributed by atoms with E-state index < -0.39 is 0 Å². The number of hydrogen-bond acceptors (Lipinski definition) is 5. The minimum atomic E-state index is 0.244. The first-order valence-electron chi connectivity index (χ1n) is 5.53. The zero-order valence-corrected chi connectivity index (χ0v) is 9.69. The monoisotopic (exact) mass is 223 g/mol. The molecule has 0 aromatic carbocycles. The van der Waals surface area contributed by atoms with Gasteiger partial charge in [-0.2, -0.15) is 4.98 Å². The van der Waals surface area contributed by atoms with Gasteiger partial charge in [-0.25, -0.2) is 4.98 Å². The minimum Gasteiger partial charge on any atom is -0.490 e. The van der Waals surface area contributed by atoms with Crippen LogP contribution in [0.25, 0.3) is 0 Å². The van der Waals surface area contributed by atoms with Gasteiger partial charge in [0.2, 0.25) is 0 Å². The van der Waals surface area contributed by atoms with Gasteiger partial charge in [-0.15, -0.1) is 0 Å². The second-order valence-electron chi connectivity index (χ2n) is 3.81. The number of nitrogens with one attached hydrogen (secondary N) is 1. The van der Waals surface area contributed by atoms with Crippen molar-refractivity contribution in [2.24, 2.45) is 0 Å². The Labute approximate surface area is 95.2 Å². The molecule has 0 aliphatic carbocycles. The van der Waals surface area contributed by atoms with Crippen molar-refractivity contribution in [1.29, 1.82) is 0 Å². The molecule has 1 fully saturated rings. The molecule has 1 atom stereocenters. The van der Waals surface area contributed by atoms with Gasteiger partial charge in [0.15, 0.2) is 5.75 Å². The molecule has 1 N–H and O–H groups in total. The van der Waals surface area contributed by atoms with Crippen LogP contribution >= 0.6 is 0 Å². The molecular formula is C11H17N3O2. The predicted molar refractivity (Wildman–Crippen MR) is 59.7 cm³/mol. The minimum absolute atomic E-state index is 0.244. The fourth-order valence-electron chi connectivity index (χ4n) is 1.89. The van der Waals surface area contributed by atoms with Gasteiger partial charge in [0, 0.05) is 0 Å². The van der Waals surface area contributed by atoms with Gasteiger partial charge in [0.25, 0.3) is 5.88 Å². The number of rotatable bonds is 3. The lowest BCUT2D eigenvalue weighted by Gasteiger charge is -2.22. The van der Waals surface area contributed by atoms with Crippen molar-refractivity contribution in [3.8, 4) is 11.6 Å². The van der Waals surface area contributed by atoms with E-state index in [4.69, 9.17) is 9.47 Å². The smallest absolute Gasteiger partial charge is 0.260 e. The van der Waals surface area contributed by atoms with E-state index in [9.17, 15) is 0 Å². The highest BCUT2D eigenvalue weighted by molar-refractivity contribution is 5.31. The molecule has 1 aliphatic rings. The Hall–Kier alpha value is -1.36. The van der Waals surface area contributed by atoms with E-state index in [1.54, 1.807) is 20.4 Å². The molecule has 0 amide bonds. The summed E-state index contributed by atoms with van der Waals surface area (Å²) >= 11 is 0. The lowest BCUT2D eigenvalue weighted by atomic mass is 10.0. The van der Waals surface area contributed by atoms with Crippen LogP contribution in [-0.4, -0.2) is 30.7 Å². The van der Waals surface area contributed by atoms with Crippen LogP contribution in [0.1, 0.15) is 31.1 Å². The third-order valence-corrected chi connectivity index (χ3v) is 2.78. The SMILES string of the molecule is COc1cnc(C2CCCCN2)nc1OC. The summed E-state index contributed by atoms with van der Waals surface area (Å²) in [6, 6.07) is 0.244. The van der Waals surface area contributed by atoms with Crippen LogP contribution in [0.3, 0.4) is 0 Å². The predicted octanol–water partition coefficient (Wildman–Crippen LogP) is 1.31. The van der Waals surface area contributed by atoms with Gasteiger partial charge >= 0.3 is 0 Å². The van der Waals surface area contributed by atoms with E-state index in [0.29, 0.717) is 11.6 Å². The largest absolute Gasteiger partial charge is 0.490 e. The Morgan fingerprint density at radius 2 is 2.19 bits per heavy atom. The van der Waals surface area contributed by atoms with Gasteiger partial charge in [-0.05, 0) is 19.4 Å². The van der Waals surface area contributed by atoms with Crippen molar-refractivity contribution in [3.63, 3.8) is 0 Å². The van der Waals surface area contributed by atoms with Crippen LogP contribution in [0.2, 0.25) is 0 Å². The number of aromatic nitrogens is 2. The third-order valence-electron chi connectivity index (χ3n) is 2.78. The van der Waals surface area contributed by atoms with Crippen LogP contribution in [0.5, 0.6) is 11.6 Å². The molecule has 5 nitrogen and oxygen atoms in total. The Morgan fingerprint density at radius 3 is 2.81 bits per heavy atom. The Morgan fingerprint density at radius 1 is 1.31 bits per heavy atom. The molecule has 88 valence electrons. The average molecular weight is 223 g/mol. The van der Waals surface area contributed by atoms with E-state index in [1.807, 2.05) is 0 Å². The first-order chi connectivity index (χ1) is 7.85. The summed E-state index contributed by atoms with van der Waals surface area (Å²) in [5.41, 5.74) is 0. The first-order valence-corrected chi connectivity index (χ1v) is 5.53. The molecule has 0 spiro atoms. The second kappa shape index (κ2) is 5.12. The quantitative estimate of drug-likeness (QED) is 0.837. The van der Waals surface area contributed by atoms with Crippen molar-refractivity contribution in [1.82, 2.24) is 15.3 Å². The molecule has 0 radical (unpaired) electrons. The average Bonchev–Trinajstić information content (AvgIpc) is 2.39. The zero-order chi connectivity index (χ0) is 11.4. The molecule has 5 heteroatoms. The van der Waals surface area contributed by atoms with Crippen molar-refractivity contribution in [3.05, 3.63) is 12.0 Å². The van der Waals surface area contributed by atoms with Crippen molar-refractivity contribution >= 4 is 0 Å². The molecule has 0 saturated carbocycles. The normalized spacial score (nSPS) is 20.5. The highest BCUT2D eigenvalue weighted by Crippen LogP contribution is 2.26. The number of methoxy groups -OCH3 is 2. The van der Waals surface area contributed by atoms with Crippen LogP contribution in [0.15, 0.2) is 6.20 Å². The van der Waals surface area contributed by atoms with Crippen molar-refractivity contribution in [2.45, 2.75) is 25.3 Å². The summed E-state index contributed by atoms with van der Waals surface area (Å²) in [6.45, 7) is 1.03. The maximum absolute atomic E-state index is 5.16. The van der Waals surface area contributed by atoms with E-state index in [1.165, 1.54) is 12.8 Å². The Balaban J connectivity index is 2.20.